The Morgan fingerprint density at radius 2 is 1.87 bits per heavy atom. The summed E-state index contributed by atoms with van der Waals surface area (Å²) in [5.74, 6) is 1.68. The third-order valence-electron chi connectivity index (χ3n) is 5.60. The van der Waals surface area contributed by atoms with Gasteiger partial charge in [0.25, 0.3) is 5.91 Å². The van der Waals surface area contributed by atoms with Crippen molar-refractivity contribution in [3.8, 4) is 16.8 Å². The van der Waals surface area contributed by atoms with Gasteiger partial charge in [-0.15, -0.1) is 0 Å². The SMILES string of the molecule is O=C(NC1CCSC1)c1ccc2c(-c3ccccc3Cl)cn(-c3ccc(F)cc3)c2c1. The summed E-state index contributed by atoms with van der Waals surface area (Å²) in [6, 6.07) is 20.0. The number of halogens is 2. The molecule has 31 heavy (non-hydrogen) atoms. The number of hydrogen-bond acceptors (Lipinski definition) is 2. The first kappa shape index (κ1) is 20.2. The van der Waals surface area contributed by atoms with Crippen LogP contribution in [0.2, 0.25) is 5.02 Å². The number of carbonyl (C=O) groups is 1. The topological polar surface area (TPSA) is 34.0 Å². The summed E-state index contributed by atoms with van der Waals surface area (Å²) in [7, 11) is 0. The van der Waals surface area contributed by atoms with E-state index in [2.05, 4.69) is 5.32 Å². The van der Waals surface area contributed by atoms with Crippen LogP contribution in [0.15, 0.2) is 72.9 Å². The molecule has 0 radical (unpaired) electrons. The average molecular weight is 451 g/mol. The molecule has 4 aromatic rings. The lowest BCUT2D eigenvalue weighted by atomic mass is 10.0. The highest BCUT2D eigenvalue weighted by molar-refractivity contribution is 7.99. The summed E-state index contributed by atoms with van der Waals surface area (Å²) in [5.41, 5.74) is 4.17. The van der Waals surface area contributed by atoms with Crippen LogP contribution in [0, 0.1) is 5.82 Å². The van der Waals surface area contributed by atoms with Gasteiger partial charge in [0.15, 0.2) is 0 Å². The Bertz CT molecular complexity index is 1260. The van der Waals surface area contributed by atoms with Crippen molar-refractivity contribution in [2.75, 3.05) is 11.5 Å². The third kappa shape index (κ3) is 3.95. The zero-order valence-corrected chi connectivity index (χ0v) is 18.2. The highest BCUT2D eigenvalue weighted by Crippen LogP contribution is 2.36. The van der Waals surface area contributed by atoms with Crippen LogP contribution in [-0.4, -0.2) is 28.0 Å². The second-order valence-electron chi connectivity index (χ2n) is 7.63. The van der Waals surface area contributed by atoms with Crippen molar-refractivity contribution in [3.05, 3.63) is 89.3 Å². The zero-order chi connectivity index (χ0) is 21.4. The normalized spacial score (nSPS) is 16.0. The number of nitrogens with zero attached hydrogens (tertiary/aromatic N) is 1. The van der Waals surface area contributed by atoms with E-state index in [1.807, 2.05) is 65.0 Å². The van der Waals surface area contributed by atoms with Gasteiger partial charge in [0, 0.05) is 50.8 Å². The van der Waals surface area contributed by atoms with Crippen LogP contribution in [0.4, 0.5) is 4.39 Å². The van der Waals surface area contributed by atoms with E-state index >= 15 is 0 Å². The first-order chi connectivity index (χ1) is 15.1. The minimum Gasteiger partial charge on any atom is -0.348 e. The van der Waals surface area contributed by atoms with E-state index in [0.29, 0.717) is 10.6 Å². The van der Waals surface area contributed by atoms with Crippen LogP contribution >= 0.6 is 23.4 Å². The van der Waals surface area contributed by atoms with Gasteiger partial charge >= 0.3 is 0 Å². The number of benzene rings is 3. The van der Waals surface area contributed by atoms with Crippen LogP contribution < -0.4 is 5.32 Å². The summed E-state index contributed by atoms with van der Waals surface area (Å²) in [4.78, 5) is 12.9. The van der Waals surface area contributed by atoms with Crippen molar-refractivity contribution < 1.29 is 9.18 Å². The maximum absolute atomic E-state index is 13.5. The van der Waals surface area contributed by atoms with Crippen molar-refractivity contribution in [1.82, 2.24) is 9.88 Å². The lowest BCUT2D eigenvalue weighted by Gasteiger charge is -2.12. The van der Waals surface area contributed by atoms with Gasteiger partial charge in [-0.25, -0.2) is 4.39 Å². The van der Waals surface area contributed by atoms with E-state index < -0.39 is 0 Å². The molecule has 1 aromatic heterocycles. The van der Waals surface area contributed by atoms with E-state index in [-0.39, 0.29) is 17.8 Å². The lowest BCUT2D eigenvalue weighted by molar-refractivity contribution is 0.0941. The third-order valence-corrected chi connectivity index (χ3v) is 7.09. The first-order valence-electron chi connectivity index (χ1n) is 10.1. The number of aromatic nitrogens is 1. The molecule has 1 aliphatic rings. The molecule has 1 saturated heterocycles. The molecule has 1 unspecified atom stereocenters. The van der Waals surface area contributed by atoms with Crippen LogP contribution in [0.25, 0.3) is 27.7 Å². The second kappa shape index (κ2) is 8.40. The monoisotopic (exact) mass is 450 g/mol. The maximum Gasteiger partial charge on any atom is 0.251 e. The van der Waals surface area contributed by atoms with E-state index in [4.69, 9.17) is 11.6 Å². The predicted molar refractivity (Wildman–Crippen MR) is 127 cm³/mol. The molecule has 156 valence electrons. The Morgan fingerprint density at radius 3 is 2.61 bits per heavy atom. The van der Waals surface area contributed by atoms with Crippen LogP contribution in [0.3, 0.4) is 0 Å². The lowest BCUT2D eigenvalue weighted by Crippen LogP contribution is -2.34. The van der Waals surface area contributed by atoms with Gasteiger partial charge in [0.1, 0.15) is 5.82 Å². The number of amides is 1. The Hall–Kier alpha value is -2.76. The van der Waals surface area contributed by atoms with Gasteiger partial charge in [-0.2, -0.15) is 11.8 Å². The Balaban J connectivity index is 1.64. The summed E-state index contributed by atoms with van der Waals surface area (Å²) in [6.07, 6.45) is 3.00. The number of carbonyl (C=O) groups excluding carboxylic acids is 1. The highest BCUT2D eigenvalue weighted by atomic mass is 35.5. The number of thioether (sulfide) groups is 1. The van der Waals surface area contributed by atoms with Crippen molar-refractivity contribution in [2.24, 2.45) is 0 Å². The number of hydrogen-bond donors (Lipinski definition) is 1. The molecule has 1 fully saturated rings. The smallest absolute Gasteiger partial charge is 0.251 e. The Kier molecular flexibility index (Phi) is 5.47. The van der Waals surface area contributed by atoms with Crippen LogP contribution in [0.5, 0.6) is 0 Å². The molecule has 2 heterocycles. The maximum atomic E-state index is 13.5. The molecule has 3 nitrogen and oxygen atoms in total. The standard InChI is InChI=1S/C25H20ClFN2OS/c26-23-4-2-1-3-20(23)22-14-29(19-8-6-17(27)7-9-19)24-13-16(5-10-21(22)24)25(30)28-18-11-12-31-15-18/h1-10,13-14,18H,11-12,15H2,(H,28,30). The molecule has 0 saturated carbocycles. The minimum atomic E-state index is -0.291. The molecule has 1 N–H and O–H groups in total. The quantitative estimate of drug-likeness (QED) is 0.394. The highest BCUT2D eigenvalue weighted by Gasteiger charge is 2.20. The minimum absolute atomic E-state index is 0.0689. The van der Waals surface area contributed by atoms with E-state index in [1.54, 1.807) is 12.1 Å². The van der Waals surface area contributed by atoms with E-state index in [1.165, 1.54) is 12.1 Å². The van der Waals surface area contributed by atoms with Crippen molar-refractivity contribution >= 4 is 40.2 Å². The zero-order valence-electron chi connectivity index (χ0n) is 16.6. The number of rotatable bonds is 4. The predicted octanol–water partition coefficient (Wildman–Crippen LogP) is 6.33. The summed E-state index contributed by atoms with van der Waals surface area (Å²) in [6.45, 7) is 0. The largest absolute Gasteiger partial charge is 0.348 e. The molecule has 3 aromatic carbocycles. The summed E-state index contributed by atoms with van der Waals surface area (Å²) < 4.78 is 15.5. The van der Waals surface area contributed by atoms with Gasteiger partial charge in [0.2, 0.25) is 0 Å². The van der Waals surface area contributed by atoms with Crippen LogP contribution in [0.1, 0.15) is 16.8 Å². The second-order valence-corrected chi connectivity index (χ2v) is 9.19. The number of nitrogens with one attached hydrogen (secondary N) is 1. The molecule has 0 spiro atoms. The van der Waals surface area contributed by atoms with Crippen molar-refractivity contribution in [1.29, 1.82) is 0 Å². The van der Waals surface area contributed by atoms with Gasteiger partial charge in [0.05, 0.1) is 5.52 Å². The molecule has 0 aliphatic carbocycles. The molecule has 1 atom stereocenters. The van der Waals surface area contributed by atoms with Gasteiger partial charge in [-0.05, 0) is 54.6 Å². The fraction of sp³-hybridized carbons (Fsp3) is 0.160. The summed E-state index contributed by atoms with van der Waals surface area (Å²) >= 11 is 8.35. The van der Waals surface area contributed by atoms with Crippen molar-refractivity contribution in [3.63, 3.8) is 0 Å². The summed E-state index contributed by atoms with van der Waals surface area (Å²) in [5, 5.41) is 4.77. The van der Waals surface area contributed by atoms with Crippen LogP contribution in [-0.2, 0) is 0 Å². The molecule has 0 bridgehead atoms. The number of fused-ring (bicyclic) bond motifs is 1. The van der Waals surface area contributed by atoms with E-state index in [0.717, 1.165) is 45.6 Å². The molecule has 1 aliphatic heterocycles. The molecular weight excluding hydrogens is 431 g/mol. The van der Waals surface area contributed by atoms with Gasteiger partial charge in [-0.3, -0.25) is 4.79 Å². The average Bonchev–Trinajstić information content (AvgIpc) is 3.42. The Labute approximate surface area is 189 Å². The van der Waals surface area contributed by atoms with Gasteiger partial charge < -0.3 is 9.88 Å². The van der Waals surface area contributed by atoms with E-state index in [9.17, 15) is 9.18 Å². The fourth-order valence-corrected chi connectivity index (χ4v) is 5.38. The molecular formula is C25H20ClFN2OS. The van der Waals surface area contributed by atoms with Crippen molar-refractivity contribution in [2.45, 2.75) is 12.5 Å². The first-order valence-corrected chi connectivity index (χ1v) is 11.7. The Morgan fingerprint density at radius 1 is 1.06 bits per heavy atom. The molecule has 6 heteroatoms. The molecule has 1 amide bonds. The molecule has 5 rings (SSSR count). The fourth-order valence-electron chi connectivity index (χ4n) is 3.99. The van der Waals surface area contributed by atoms with Gasteiger partial charge in [-0.1, -0.05) is 35.9 Å².